The Morgan fingerprint density at radius 3 is 2.78 bits per heavy atom. The molecule has 0 spiro atoms. The maximum absolute atomic E-state index is 11.0. The Bertz CT molecular complexity index is 459. The van der Waals surface area contributed by atoms with Crippen molar-refractivity contribution in [1.29, 1.82) is 0 Å². The van der Waals surface area contributed by atoms with Crippen molar-refractivity contribution in [3.05, 3.63) is 34.4 Å². The standard InChI is InChI=1S/C11H15N3O4/c1-11(13,10(12)15)5-6-18-9-4-2-3-8(7-9)14(16)17/h2-4,7H,5-6,13H2,1H3,(H2,12,15). The van der Waals surface area contributed by atoms with E-state index in [4.69, 9.17) is 16.2 Å². The molecule has 1 unspecified atom stereocenters. The van der Waals surface area contributed by atoms with Crippen molar-refractivity contribution >= 4 is 11.6 Å². The van der Waals surface area contributed by atoms with Crippen LogP contribution in [0.3, 0.4) is 0 Å². The third kappa shape index (κ3) is 3.70. The van der Waals surface area contributed by atoms with Crippen LogP contribution in [0.1, 0.15) is 13.3 Å². The quantitative estimate of drug-likeness (QED) is 0.566. The van der Waals surface area contributed by atoms with Gasteiger partial charge in [0.2, 0.25) is 5.91 Å². The molecule has 1 rings (SSSR count). The minimum absolute atomic E-state index is 0.0575. The van der Waals surface area contributed by atoms with Crippen LogP contribution in [0.4, 0.5) is 5.69 Å². The van der Waals surface area contributed by atoms with Gasteiger partial charge in [-0.05, 0) is 13.0 Å². The Balaban J connectivity index is 2.57. The number of hydrogen-bond acceptors (Lipinski definition) is 5. The highest BCUT2D eigenvalue weighted by atomic mass is 16.6. The number of nitro benzene ring substituents is 1. The van der Waals surface area contributed by atoms with Crippen LogP contribution >= 0.6 is 0 Å². The fourth-order valence-corrected chi connectivity index (χ4v) is 1.19. The van der Waals surface area contributed by atoms with E-state index in [1.807, 2.05) is 0 Å². The summed E-state index contributed by atoms with van der Waals surface area (Å²) in [6.07, 6.45) is 0.227. The van der Waals surface area contributed by atoms with Crippen molar-refractivity contribution in [3.8, 4) is 5.75 Å². The van der Waals surface area contributed by atoms with Crippen LogP contribution in [0.25, 0.3) is 0 Å². The molecule has 0 aliphatic heterocycles. The lowest BCUT2D eigenvalue weighted by atomic mass is 9.99. The SMILES string of the molecule is CC(N)(CCOc1cccc([N+](=O)[O-])c1)C(N)=O. The van der Waals surface area contributed by atoms with Gasteiger partial charge < -0.3 is 16.2 Å². The van der Waals surface area contributed by atoms with Crippen molar-refractivity contribution in [3.63, 3.8) is 0 Å². The van der Waals surface area contributed by atoms with E-state index in [0.717, 1.165) is 0 Å². The summed E-state index contributed by atoms with van der Waals surface area (Å²) in [6.45, 7) is 1.66. The lowest BCUT2D eigenvalue weighted by Crippen LogP contribution is -2.50. The Hall–Kier alpha value is -2.15. The second-order valence-corrected chi connectivity index (χ2v) is 4.13. The number of amides is 1. The minimum Gasteiger partial charge on any atom is -0.493 e. The number of carbonyl (C=O) groups excluding carboxylic acids is 1. The van der Waals surface area contributed by atoms with Crippen LogP contribution in [0, 0.1) is 10.1 Å². The van der Waals surface area contributed by atoms with E-state index < -0.39 is 16.4 Å². The Morgan fingerprint density at radius 2 is 2.22 bits per heavy atom. The van der Waals surface area contributed by atoms with Crippen LogP contribution in [0.15, 0.2) is 24.3 Å². The van der Waals surface area contributed by atoms with E-state index in [0.29, 0.717) is 5.75 Å². The number of primary amides is 1. The predicted molar refractivity (Wildman–Crippen MR) is 65.0 cm³/mol. The molecular weight excluding hydrogens is 238 g/mol. The first-order valence-corrected chi connectivity index (χ1v) is 5.29. The van der Waals surface area contributed by atoms with E-state index in [2.05, 4.69) is 0 Å². The molecule has 98 valence electrons. The van der Waals surface area contributed by atoms with E-state index >= 15 is 0 Å². The number of nitrogens with two attached hydrogens (primary N) is 2. The normalized spacial score (nSPS) is 13.7. The summed E-state index contributed by atoms with van der Waals surface area (Å²) in [4.78, 5) is 21.0. The summed E-state index contributed by atoms with van der Waals surface area (Å²) in [5.74, 6) is -0.269. The third-order valence-corrected chi connectivity index (χ3v) is 2.48. The highest BCUT2D eigenvalue weighted by molar-refractivity contribution is 5.83. The van der Waals surface area contributed by atoms with Gasteiger partial charge in [-0.25, -0.2) is 0 Å². The Kier molecular flexibility index (Phi) is 4.22. The molecular formula is C11H15N3O4. The van der Waals surface area contributed by atoms with Crippen LogP contribution < -0.4 is 16.2 Å². The zero-order valence-electron chi connectivity index (χ0n) is 9.96. The number of ether oxygens (including phenoxy) is 1. The molecule has 4 N–H and O–H groups in total. The van der Waals surface area contributed by atoms with Gasteiger partial charge in [-0.1, -0.05) is 6.07 Å². The van der Waals surface area contributed by atoms with E-state index in [9.17, 15) is 14.9 Å². The van der Waals surface area contributed by atoms with Crippen LogP contribution in [-0.4, -0.2) is 23.0 Å². The number of nitrogens with zero attached hydrogens (tertiary/aromatic N) is 1. The summed E-state index contributed by atoms with van der Waals surface area (Å²) < 4.78 is 5.29. The smallest absolute Gasteiger partial charge is 0.273 e. The molecule has 0 radical (unpaired) electrons. The van der Waals surface area contributed by atoms with Gasteiger partial charge in [0.1, 0.15) is 5.75 Å². The molecule has 0 aromatic heterocycles. The van der Waals surface area contributed by atoms with Gasteiger partial charge in [0.05, 0.1) is 23.1 Å². The lowest BCUT2D eigenvalue weighted by molar-refractivity contribution is -0.384. The number of carbonyl (C=O) groups is 1. The van der Waals surface area contributed by atoms with Gasteiger partial charge in [0, 0.05) is 12.5 Å². The fraction of sp³-hybridized carbons (Fsp3) is 0.364. The molecule has 1 amide bonds. The first kappa shape index (κ1) is 13.9. The molecule has 1 aromatic rings. The van der Waals surface area contributed by atoms with E-state index in [1.165, 1.54) is 25.1 Å². The van der Waals surface area contributed by atoms with Gasteiger partial charge in [-0.15, -0.1) is 0 Å². The lowest BCUT2D eigenvalue weighted by Gasteiger charge is -2.20. The second kappa shape index (κ2) is 5.46. The van der Waals surface area contributed by atoms with Gasteiger partial charge in [-0.2, -0.15) is 0 Å². The molecule has 0 bridgehead atoms. The second-order valence-electron chi connectivity index (χ2n) is 4.13. The summed E-state index contributed by atoms with van der Waals surface area (Å²) >= 11 is 0. The van der Waals surface area contributed by atoms with Gasteiger partial charge in [0.25, 0.3) is 5.69 Å². The molecule has 0 aliphatic rings. The molecule has 7 heteroatoms. The predicted octanol–water partition coefficient (Wildman–Crippen LogP) is 0.566. The highest BCUT2D eigenvalue weighted by Crippen LogP contribution is 2.19. The van der Waals surface area contributed by atoms with Crippen molar-refractivity contribution in [2.24, 2.45) is 11.5 Å². The summed E-state index contributed by atoms with van der Waals surface area (Å²) in [6, 6.07) is 5.77. The first-order valence-electron chi connectivity index (χ1n) is 5.29. The third-order valence-electron chi connectivity index (χ3n) is 2.48. The number of rotatable bonds is 6. The Labute approximate surface area is 104 Å². The van der Waals surface area contributed by atoms with Gasteiger partial charge in [-0.3, -0.25) is 14.9 Å². The van der Waals surface area contributed by atoms with Crippen LogP contribution in [-0.2, 0) is 4.79 Å². The molecule has 1 aromatic carbocycles. The number of nitro groups is 1. The topological polar surface area (TPSA) is 121 Å². The van der Waals surface area contributed by atoms with Crippen LogP contribution in [0.2, 0.25) is 0 Å². The van der Waals surface area contributed by atoms with Crippen molar-refractivity contribution < 1.29 is 14.5 Å². The molecule has 0 fully saturated rings. The number of hydrogen-bond donors (Lipinski definition) is 2. The van der Waals surface area contributed by atoms with Crippen molar-refractivity contribution in [1.82, 2.24) is 0 Å². The molecule has 1 atom stereocenters. The summed E-state index contributed by atoms with van der Waals surface area (Å²) in [7, 11) is 0. The summed E-state index contributed by atoms with van der Waals surface area (Å²) in [5.41, 5.74) is 9.53. The molecule has 0 heterocycles. The first-order chi connectivity index (χ1) is 8.33. The minimum atomic E-state index is -1.15. The molecule has 7 nitrogen and oxygen atoms in total. The van der Waals surface area contributed by atoms with E-state index in [1.54, 1.807) is 6.07 Å². The maximum atomic E-state index is 11.0. The Morgan fingerprint density at radius 1 is 1.56 bits per heavy atom. The van der Waals surface area contributed by atoms with Crippen molar-refractivity contribution in [2.45, 2.75) is 18.9 Å². The average Bonchev–Trinajstić information content (AvgIpc) is 2.29. The molecule has 0 saturated heterocycles. The average molecular weight is 253 g/mol. The number of benzene rings is 1. The van der Waals surface area contributed by atoms with Crippen molar-refractivity contribution in [2.75, 3.05) is 6.61 Å². The molecule has 18 heavy (non-hydrogen) atoms. The molecule has 0 saturated carbocycles. The van der Waals surface area contributed by atoms with Gasteiger partial charge in [0.15, 0.2) is 0 Å². The zero-order chi connectivity index (χ0) is 13.8. The van der Waals surface area contributed by atoms with Crippen LogP contribution in [0.5, 0.6) is 5.75 Å². The van der Waals surface area contributed by atoms with E-state index in [-0.39, 0.29) is 18.7 Å². The molecule has 0 aliphatic carbocycles. The fourth-order valence-electron chi connectivity index (χ4n) is 1.19. The highest BCUT2D eigenvalue weighted by Gasteiger charge is 2.25. The largest absolute Gasteiger partial charge is 0.493 e. The summed E-state index contributed by atoms with van der Waals surface area (Å²) in [5, 5.41) is 10.5. The maximum Gasteiger partial charge on any atom is 0.273 e. The monoisotopic (exact) mass is 253 g/mol. The van der Waals surface area contributed by atoms with Gasteiger partial charge >= 0.3 is 0 Å². The zero-order valence-corrected chi connectivity index (χ0v) is 9.96. The number of non-ortho nitro benzene ring substituents is 1.